The van der Waals surface area contributed by atoms with E-state index < -0.39 is 0 Å². The molecule has 15 heteroatoms. The molecule has 5 aliphatic heterocycles. The zero-order chi connectivity index (χ0) is 99.5. The van der Waals surface area contributed by atoms with Gasteiger partial charge in [0.1, 0.15) is 61.8 Å². The Morgan fingerprint density at radius 3 is 0.768 bits per heavy atom. The van der Waals surface area contributed by atoms with Crippen molar-refractivity contribution in [1.82, 2.24) is 51.5 Å². The first-order valence-corrected chi connectivity index (χ1v) is 50.7. The molecule has 0 radical (unpaired) electrons. The normalized spacial score (nSPS) is 11.7. The van der Waals surface area contributed by atoms with E-state index in [1.807, 2.05) is 309 Å². The van der Waals surface area contributed by atoms with Crippen LogP contribution in [0.4, 0.5) is 0 Å². The van der Waals surface area contributed by atoms with Crippen LogP contribution in [0.2, 0.25) is 0 Å². The van der Waals surface area contributed by atoms with Crippen molar-refractivity contribution >= 4 is 0 Å². The first-order valence-electron chi connectivity index (χ1n) is 50.7. The molecule has 15 aromatic rings. The van der Waals surface area contributed by atoms with Crippen molar-refractivity contribution in [2.45, 2.75) is 237 Å². The van der Waals surface area contributed by atoms with Crippen molar-refractivity contribution in [2.24, 2.45) is 0 Å². The molecular weight excluding hydrogens is 1700 g/mol. The van der Waals surface area contributed by atoms with Crippen LogP contribution in [0.15, 0.2) is 334 Å². The van der Waals surface area contributed by atoms with Crippen molar-refractivity contribution in [1.29, 1.82) is 0 Å². The Bertz CT molecular complexity index is 5200. The van der Waals surface area contributed by atoms with Crippen LogP contribution in [0.25, 0.3) is 56.3 Å². The highest BCUT2D eigenvalue weighted by molar-refractivity contribution is 5.66. The number of hydrogen-bond acceptors (Lipinski definition) is 15. The lowest BCUT2D eigenvalue weighted by molar-refractivity contribution is 0.306. The summed E-state index contributed by atoms with van der Waals surface area (Å²) in [5.74, 6) is 4.39. The molecule has 138 heavy (non-hydrogen) atoms. The molecular formula is C123H156N10O5. The summed E-state index contributed by atoms with van der Waals surface area (Å²) >= 11 is 0. The second-order valence-corrected chi connectivity index (χ2v) is 29.6. The predicted octanol–water partition coefficient (Wildman–Crippen LogP) is 30.0. The van der Waals surface area contributed by atoms with Crippen LogP contribution in [-0.4, -0.2) is 44.6 Å². The summed E-state index contributed by atoms with van der Waals surface area (Å²) < 4.78 is 29.2. The van der Waals surface area contributed by atoms with Crippen LogP contribution in [0, 0.1) is 0 Å². The van der Waals surface area contributed by atoms with Gasteiger partial charge in [-0.05, 0) is 250 Å². The van der Waals surface area contributed by atoms with E-state index in [0.29, 0.717) is 33.0 Å². The molecule has 0 atom stereocenters. The highest BCUT2D eigenvalue weighted by Gasteiger charge is 2.18. The highest BCUT2D eigenvalue weighted by atomic mass is 16.5. The number of pyridine rings is 5. The highest BCUT2D eigenvalue weighted by Crippen LogP contribution is 2.31. The van der Waals surface area contributed by atoms with Crippen molar-refractivity contribution in [3.8, 4) is 85.0 Å². The minimum absolute atomic E-state index is 0.586. The molecule has 0 saturated heterocycles. The fourth-order valence-corrected chi connectivity index (χ4v) is 14.5. The summed E-state index contributed by atoms with van der Waals surface area (Å²) in [5, 5.41) is 16.8. The van der Waals surface area contributed by atoms with Crippen molar-refractivity contribution in [3.63, 3.8) is 0 Å². The van der Waals surface area contributed by atoms with Crippen LogP contribution in [-0.2, 0) is 98.1 Å². The molecule has 15 nitrogen and oxygen atoms in total. The van der Waals surface area contributed by atoms with Crippen molar-refractivity contribution in [3.05, 3.63) is 418 Å². The Balaban J connectivity index is 0.000000253. The lowest BCUT2D eigenvalue weighted by atomic mass is 10.0. The third-order valence-electron chi connectivity index (χ3n) is 21.2. The van der Waals surface area contributed by atoms with E-state index in [1.165, 1.54) is 78.0 Å². The summed E-state index contributed by atoms with van der Waals surface area (Å²) in [6.07, 6.45) is 9.13. The topological polar surface area (TPSA) is 171 Å². The summed E-state index contributed by atoms with van der Waals surface area (Å²) in [7, 11) is 0. The Hall–Kier alpha value is -13.3. The van der Waals surface area contributed by atoms with Crippen molar-refractivity contribution in [2.75, 3.05) is 19.6 Å². The van der Waals surface area contributed by atoms with Gasteiger partial charge in [0.15, 0.2) is 0 Å². The fourth-order valence-electron chi connectivity index (χ4n) is 14.5. The van der Waals surface area contributed by atoms with E-state index in [2.05, 4.69) is 205 Å². The fraction of sp³-hybridized carbons (Fsp3) is 0.309. The molecule has 0 amide bonds. The first kappa shape index (κ1) is 113. The van der Waals surface area contributed by atoms with Crippen LogP contribution in [0.1, 0.15) is 222 Å². The smallest absolute Gasteiger partial charge is 0.119 e. The molecule has 0 aliphatic carbocycles. The van der Waals surface area contributed by atoms with E-state index >= 15 is 0 Å². The predicted molar refractivity (Wildman–Crippen MR) is 583 cm³/mol. The maximum Gasteiger partial charge on any atom is 0.119 e. The van der Waals surface area contributed by atoms with Gasteiger partial charge in [-0.2, -0.15) is 0 Å². The largest absolute Gasteiger partial charge is 0.489 e. The van der Waals surface area contributed by atoms with Gasteiger partial charge in [-0.25, -0.2) is 0 Å². The molecule has 10 aromatic carbocycles. The minimum Gasteiger partial charge on any atom is -0.489 e. The number of nitrogens with one attached hydrogen (secondary N) is 5. The Morgan fingerprint density at radius 1 is 0.196 bits per heavy atom. The quantitative estimate of drug-likeness (QED) is 0.0488. The van der Waals surface area contributed by atoms with Gasteiger partial charge in [0.2, 0.25) is 0 Å². The van der Waals surface area contributed by atoms with Gasteiger partial charge in [-0.1, -0.05) is 302 Å². The molecule has 0 bridgehead atoms. The van der Waals surface area contributed by atoms with E-state index in [1.54, 1.807) is 0 Å². The van der Waals surface area contributed by atoms with E-state index in [4.69, 9.17) is 33.7 Å². The molecule has 5 aromatic heterocycles. The molecule has 0 saturated carbocycles. The number of rotatable bonds is 20. The molecule has 5 N–H and O–H groups in total. The summed E-state index contributed by atoms with van der Waals surface area (Å²) in [5.41, 5.74) is 29.7. The molecule has 10 heterocycles. The van der Waals surface area contributed by atoms with Gasteiger partial charge in [-0.15, -0.1) is 0 Å². The van der Waals surface area contributed by atoms with Gasteiger partial charge in [-0.3, -0.25) is 24.9 Å². The van der Waals surface area contributed by atoms with Gasteiger partial charge in [0.25, 0.3) is 0 Å². The number of aromatic nitrogens is 5. The number of nitrogens with zero attached hydrogens (tertiary/aromatic N) is 5. The maximum absolute atomic E-state index is 5.84. The molecule has 0 spiro atoms. The lowest BCUT2D eigenvalue weighted by Gasteiger charge is -2.17. The van der Waals surface area contributed by atoms with Gasteiger partial charge in [0, 0.05) is 111 Å². The van der Waals surface area contributed by atoms with Crippen molar-refractivity contribution < 1.29 is 23.7 Å². The summed E-state index contributed by atoms with van der Waals surface area (Å²) in [4.78, 5) is 23.4. The van der Waals surface area contributed by atoms with Crippen LogP contribution >= 0.6 is 0 Å². The van der Waals surface area contributed by atoms with E-state index in [-0.39, 0.29) is 0 Å². The van der Waals surface area contributed by atoms with Gasteiger partial charge < -0.3 is 50.3 Å². The first-order chi connectivity index (χ1) is 68.4. The monoisotopic (exact) mass is 1850 g/mol. The Morgan fingerprint density at radius 2 is 0.428 bits per heavy atom. The number of ether oxygens (including phenoxy) is 5. The summed E-state index contributed by atoms with van der Waals surface area (Å²) in [6.45, 7) is 52.5. The van der Waals surface area contributed by atoms with Gasteiger partial charge >= 0.3 is 0 Å². The zero-order valence-corrected chi connectivity index (χ0v) is 86.3. The second kappa shape index (κ2) is 68.7. The average Bonchev–Trinajstić information content (AvgIpc) is 1.63. The summed E-state index contributed by atoms with van der Waals surface area (Å²) in [6, 6.07) is 107. The van der Waals surface area contributed by atoms with E-state index in [0.717, 1.165) is 175 Å². The Kier molecular flexibility index (Phi) is 56.5. The SMILES string of the molecule is CC.CC.CC.CC.CC.CC.CC.CC.CC.CC.c1ccc(COc2ccc(-c3cc4c(cn3)CCNC4)cc2)cc1.c1ccc(COc2ccc(-c3cc4c(cn3)CNC4)cc2)cc1.c1ccc(COc2ccc(-c3cc4c(cn3)CNCC4)cc2)cc1.c1ccc(COc2ccc(-c3ccc4c(n3)CCNC4)cc2)cc1.c1ccc(COc2ccc(-c3ccc4c(n3)CNC4)cc2)cc1. The second-order valence-electron chi connectivity index (χ2n) is 29.6. The molecule has 0 fully saturated rings. The van der Waals surface area contributed by atoms with Gasteiger partial charge in [0.05, 0.1) is 34.2 Å². The number of benzene rings is 10. The third kappa shape index (κ3) is 37.7. The molecule has 728 valence electrons. The minimum atomic E-state index is 0.586. The number of hydrogen-bond donors (Lipinski definition) is 5. The molecule has 5 aliphatic rings. The van der Waals surface area contributed by atoms with Crippen LogP contribution in [0.3, 0.4) is 0 Å². The third-order valence-corrected chi connectivity index (χ3v) is 21.2. The average molecular weight is 1850 g/mol. The lowest BCUT2D eigenvalue weighted by Crippen LogP contribution is -2.24. The molecule has 20 rings (SSSR count). The maximum atomic E-state index is 5.84. The van der Waals surface area contributed by atoms with Crippen LogP contribution < -0.4 is 50.3 Å². The molecule has 0 unspecified atom stereocenters. The zero-order valence-electron chi connectivity index (χ0n) is 86.3. The standard InChI is InChI=1S/3C21H20N2O.2C20H18N2O.10C2H6/c1-2-4-16(5-3-1)15-24-19-9-6-17(7-10-19)20-11-8-18-14-22-13-12-21(18)23-20;1-2-4-16(5-3-1)15-24-20-8-6-17(7-9-20)21-12-19-13-22-11-10-18(19)14-23-21;1-2-4-16(5-3-1)15-24-20-8-6-17(7-9-20)21-12-18-10-11-22-13-19(18)14-23-21;1-2-4-15(5-3-1)14-23-18-9-6-16(7-10-18)19-11-8-17-12-21-13-20(17)22-19;1-2-4-15(5-3-1)14-23-19-8-6-16(7-9-19)20-10-17-11-21-12-18(17)13-22-20;10*1-2/h1-11,22H,12-15H2;2*1-9,12,14,22H,10-11,13,15H2;1-11,21H,12-14H2;1-10,13,21H,11-12,14H2;10*1-2H3. The number of fused-ring (bicyclic) bond motifs is 5. The van der Waals surface area contributed by atoms with E-state index in [9.17, 15) is 0 Å². The van der Waals surface area contributed by atoms with Crippen LogP contribution in [0.5, 0.6) is 28.7 Å². The Labute approximate surface area is 829 Å².